The molecular weight excluding hydrogens is 901 g/mol. The molecule has 0 heteroatoms. The molecule has 0 fully saturated rings. The van der Waals surface area contributed by atoms with Gasteiger partial charge in [-0.1, -0.05) is 267 Å². The van der Waals surface area contributed by atoms with E-state index in [1.165, 1.54) is 145 Å². The summed E-state index contributed by atoms with van der Waals surface area (Å²) in [5, 5.41) is 0. The first kappa shape index (κ1) is 41.1. The molecule has 0 amide bonds. The Hall–Kier alpha value is -9.36. The second-order valence-electron chi connectivity index (χ2n) is 21.3. The molecule has 2 spiro atoms. The van der Waals surface area contributed by atoms with E-state index in [1.807, 2.05) is 0 Å². The quantitative estimate of drug-likeness (QED) is 0.165. The molecule has 12 aromatic carbocycles. The molecule has 346 valence electrons. The molecule has 75 heavy (non-hydrogen) atoms. The van der Waals surface area contributed by atoms with Crippen LogP contribution in [-0.2, 0) is 16.2 Å². The van der Waals surface area contributed by atoms with Crippen molar-refractivity contribution in [3.05, 3.63) is 346 Å². The SMILES string of the molecule is c1ccc2c(c1)-c1ccccc1C2(c1ccc(-c2ccc3c(c2)-c2ccccc2C32c3ccccc3-c3ccccc32)cc1)c1ccc(-c2ccc3c(c2)-c2ccccc2C32c3ccccc3-c3ccccc32)cc1. The van der Waals surface area contributed by atoms with E-state index in [9.17, 15) is 0 Å². The summed E-state index contributed by atoms with van der Waals surface area (Å²) in [6.07, 6.45) is 0. The topological polar surface area (TPSA) is 0 Å². The number of rotatable bonds is 4. The fourth-order valence-corrected chi connectivity index (χ4v) is 15.4. The summed E-state index contributed by atoms with van der Waals surface area (Å²) in [6, 6.07) is 106. The van der Waals surface area contributed by atoms with Gasteiger partial charge < -0.3 is 0 Å². The van der Waals surface area contributed by atoms with Gasteiger partial charge in [0.2, 0.25) is 0 Å². The predicted molar refractivity (Wildman–Crippen MR) is 307 cm³/mol. The molecule has 0 bridgehead atoms. The van der Waals surface area contributed by atoms with E-state index in [4.69, 9.17) is 0 Å². The summed E-state index contributed by atoms with van der Waals surface area (Å²) >= 11 is 0. The van der Waals surface area contributed by atoms with Crippen molar-refractivity contribution < 1.29 is 0 Å². The van der Waals surface area contributed by atoms with Gasteiger partial charge in [0.1, 0.15) is 0 Å². The van der Waals surface area contributed by atoms with E-state index >= 15 is 0 Å². The fraction of sp³-hybridized carbons (Fsp3) is 0.0400. The Kier molecular flexibility index (Phi) is 8.16. The molecule has 0 aromatic heterocycles. The minimum atomic E-state index is -0.525. The van der Waals surface area contributed by atoms with E-state index in [0.29, 0.717) is 0 Å². The van der Waals surface area contributed by atoms with Crippen molar-refractivity contribution in [3.8, 4) is 77.9 Å². The highest BCUT2D eigenvalue weighted by atomic mass is 14.5. The molecule has 12 aromatic rings. The lowest BCUT2D eigenvalue weighted by Crippen LogP contribution is -2.28. The van der Waals surface area contributed by atoms with Crippen LogP contribution in [0.5, 0.6) is 0 Å². The lowest BCUT2D eigenvalue weighted by Gasteiger charge is -2.34. The normalized spacial score (nSPS) is 15.0. The molecule has 0 radical (unpaired) electrons. The molecule has 0 nitrogen and oxygen atoms in total. The van der Waals surface area contributed by atoms with Crippen molar-refractivity contribution in [3.63, 3.8) is 0 Å². The van der Waals surface area contributed by atoms with E-state index in [0.717, 1.165) is 0 Å². The third-order valence-electron chi connectivity index (χ3n) is 18.2. The molecule has 0 saturated carbocycles. The summed E-state index contributed by atoms with van der Waals surface area (Å²) in [5.41, 5.74) is 32.9. The minimum Gasteiger partial charge on any atom is -0.0619 e. The number of fused-ring (bicyclic) bond motifs is 23. The average molecular weight is 947 g/mol. The average Bonchev–Trinajstić information content (AvgIpc) is 4.29. The summed E-state index contributed by atoms with van der Waals surface area (Å²) in [6.45, 7) is 0. The van der Waals surface area contributed by atoms with Crippen LogP contribution in [0.25, 0.3) is 77.9 Å². The standard InChI is InChI=1S/C75H46/c1-9-25-63-53(17-1)54-18-2-10-26-64(54)73(63,51-39-33-47(34-40-51)49-37-43-71-61(45-49)59-23-7-15-31-69(59)74(71)65-27-11-3-19-55(65)56-20-4-12-28-66(56)74)52-41-35-48(36-42-52)50-38-44-72-62(46-50)60-24-8-16-32-70(60)75(72)67-29-13-5-21-57(67)58-22-6-14-30-68(58)75/h1-46H. The minimum absolute atomic E-state index is 0.350. The number of hydrogen-bond donors (Lipinski definition) is 0. The molecule has 0 heterocycles. The van der Waals surface area contributed by atoms with Gasteiger partial charge in [-0.3, -0.25) is 0 Å². The maximum Gasteiger partial charge on any atom is 0.0725 e. The van der Waals surface area contributed by atoms with Crippen LogP contribution in [-0.4, -0.2) is 0 Å². The summed E-state index contributed by atoms with van der Waals surface area (Å²) in [7, 11) is 0. The molecule has 0 atom stereocenters. The Bertz CT molecular complexity index is 4030. The Labute approximate surface area is 437 Å². The first-order valence-electron chi connectivity index (χ1n) is 26.5. The highest BCUT2D eigenvalue weighted by molar-refractivity contribution is 5.98. The van der Waals surface area contributed by atoms with Crippen LogP contribution in [0, 0.1) is 0 Å². The molecule has 0 aliphatic heterocycles. The van der Waals surface area contributed by atoms with Crippen LogP contribution in [0.15, 0.2) is 279 Å². The van der Waals surface area contributed by atoms with Crippen molar-refractivity contribution in [2.75, 3.05) is 0 Å². The maximum atomic E-state index is 2.46. The molecule has 5 aliphatic rings. The Morgan fingerprint density at radius 3 is 0.613 bits per heavy atom. The summed E-state index contributed by atoms with van der Waals surface area (Å²) < 4.78 is 0. The largest absolute Gasteiger partial charge is 0.0725 e. The zero-order valence-corrected chi connectivity index (χ0v) is 41.1. The summed E-state index contributed by atoms with van der Waals surface area (Å²) in [5.74, 6) is 0. The van der Waals surface area contributed by atoms with Crippen molar-refractivity contribution in [2.45, 2.75) is 16.2 Å². The van der Waals surface area contributed by atoms with Gasteiger partial charge in [0, 0.05) is 0 Å². The van der Waals surface area contributed by atoms with Gasteiger partial charge in [0.15, 0.2) is 0 Å². The highest BCUT2D eigenvalue weighted by Gasteiger charge is 2.53. The lowest BCUT2D eigenvalue weighted by atomic mass is 9.67. The van der Waals surface area contributed by atoms with Gasteiger partial charge in [-0.05, 0) is 157 Å². The zero-order valence-electron chi connectivity index (χ0n) is 41.1. The Balaban J connectivity index is 0.788. The third-order valence-corrected chi connectivity index (χ3v) is 18.2. The highest BCUT2D eigenvalue weighted by Crippen LogP contribution is 2.65. The van der Waals surface area contributed by atoms with Crippen LogP contribution in [0.2, 0.25) is 0 Å². The van der Waals surface area contributed by atoms with Crippen molar-refractivity contribution in [2.24, 2.45) is 0 Å². The second kappa shape index (κ2) is 14.9. The Morgan fingerprint density at radius 1 is 0.147 bits per heavy atom. The van der Waals surface area contributed by atoms with E-state index in [1.54, 1.807) is 0 Å². The second-order valence-corrected chi connectivity index (χ2v) is 21.3. The van der Waals surface area contributed by atoms with Gasteiger partial charge in [0.05, 0.1) is 16.2 Å². The van der Waals surface area contributed by atoms with E-state index in [-0.39, 0.29) is 10.8 Å². The van der Waals surface area contributed by atoms with Crippen molar-refractivity contribution in [1.29, 1.82) is 0 Å². The fourth-order valence-electron chi connectivity index (χ4n) is 15.4. The van der Waals surface area contributed by atoms with Crippen LogP contribution in [0.4, 0.5) is 0 Å². The van der Waals surface area contributed by atoms with Crippen LogP contribution in [0.1, 0.15) is 66.8 Å². The van der Waals surface area contributed by atoms with Crippen LogP contribution in [0.3, 0.4) is 0 Å². The first-order chi connectivity index (χ1) is 37.2. The molecule has 0 unspecified atom stereocenters. The van der Waals surface area contributed by atoms with Gasteiger partial charge in [-0.2, -0.15) is 0 Å². The van der Waals surface area contributed by atoms with E-state index < -0.39 is 5.41 Å². The maximum absolute atomic E-state index is 2.46. The van der Waals surface area contributed by atoms with Gasteiger partial charge in [0.25, 0.3) is 0 Å². The lowest BCUT2D eigenvalue weighted by molar-refractivity contribution is 0.769. The summed E-state index contributed by atoms with van der Waals surface area (Å²) in [4.78, 5) is 0. The van der Waals surface area contributed by atoms with Gasteiger partial charge in [-0.25, -0.2) is 0 Å². The number of benzene rings is 12. The van der Waals surface area contributed by atoms with Gasteiger partial charge in [-0.15, -0.1) is 0 Å². The molecular formula is C75H46. The molecule has 5 aliphatic carbocycles. The van der Waals surface area contributed by atoms with Gasteiger partial charge >= 0.3 is 0 Å². The third kappa shape index (κ3) is 5.03. The molecule has 17 rings (SSSR count). The van der Waals surface area contributed by atoms with Crippen molar-refractivity contribution >= 4 is 0 Å². The number of hydrogen-bond acceptors (Lipinski definition) is 0. The zero-order chi connectivity index (χ0) is 49.0. The molecule has 0 N–H and O–H groups in total. The monoisotopic (exact) mass is 946 g/mol. The Morgan fingerprint density at radius 2 is 0.347 bits per heavy atom. The predicted octanol–water partition coefficient (Wildman–Crippen LogP) is 18.1. The van der Waals surface area contributed by atoms with Crippen LogP contribution < -0.4 is 0 Å². The molecule has 0 saturated heterocycles. The smallest absolute Gasteiger partial charge is 0.0619 e. The first-order valence-corrected chi connectivity index (χ1v) is 26.5. The van der Waals surface area contributed by atoms with Crippen molar-refractivity contribution in [1.82, 2.24) is 0 Å². The van der Waals surface area contributed by atoms with Crippen LogP contribution >= 0.6 is 0 Å². The van der Waals surface area contributed by atoms with E-state index in [2.05, 4.69) is 279 Å².